The molecule has 1 aromatic rings. The first kappa shape index (κ1) is 14.5. The van der Waals surface area contributed by atoms with E-state index in [4.69, 9.17) is 0 Å². The van der Waals surface area contributed by atoms with Gasteiger partial charge in [0, 0.05) is 6.04 Å². The Hall–Kier alpha value is -1.42. The second-order valence-electron chi connectivity index (χ2n) is 7.43. The molecular weight excluding hydrogens is 267 g/mol. The lowest BCUT2D eigenvalue weighted by Crippen LogP contribution is -2.45. The van der Waals surface area contributed by atoms with E-state index in [1.807, 2.05) is 4.90 Å². The summed E-state index contributed by atoms with van der Waals surface area (Å²) >= 11 is 0. The molecule has 1 aliphatic carbocycles. The molecule has 0 bridgehead atoms. The smallest absolute Gasteiger partial charge is 0.244 e. The number of halogens is 1. The Morgan fingerprint density at radius 3 is 2.33 bits per heavy atom. The van der Waals surface area contributed by atoms with E-state index >= 15 is 0 Å². The third kappa shape index (κ3) is 2.35. The fraction of sp³-hybridized carbons (Fsp3) is 0.588. The van der Waals surface area contributed by atoms with E-state index in [0.29, 0.717) is 0 Å². The second-order valence-corrected chi connectivity index (χ2v) is 7.43. The molecule has 1 spiro atoms. The maximum Gasteiger partial charge on any atom is 0.244 e. The van der Waals surface area contributed by atoms with E-state index in [9.17, 15) is 9.18 Å². The molecule has 1 amide bonds. The van der Waals surface area contributed by atoms with Crippen molar-refractivity contribution in [2.24, 2.45) is 5.41 Å². The van der Waals surface area contributed by atoms with Gasteiger partial charge >= 0.3 is 0 Å². The van der Waals surface area contributed by atoms with E-state index in [1.54, 1.807) is 12.1 Å². The highest BCUT2D eigenvalue weighted by molar-refractivity contribution is 5.92. The van der Waals surface area contributed by atoms with Gasteiger partial charge in [0.15, 0.2) is 0 Å². The van der Waals surface area contributed by atoms with Gasteiger partial charge in [-0.05, 0) is 42.9 Å². The van der Waals surface area contributed by atoms with Crippen molar-refractivity contribution in [3.8, 4) is 0 Å². The first-order valence-electron chi connectivity index (χ1n) is 7.60. The van der Waals surface area contributed by atoms with Crippen molar-refractivity contribution in [1.29, 1.82) is 0 Å². The van der Waals surface area contributed by atoms with E-state index in [-0.39, 0.29) is 34.9 Å². The number of nitrogens with zero attached hydrogens (tertiary/aromatic N) is 1. The van der Waals surface area contributed by atoms with Crippen LogP contribution in [0.3, 0.4) is 0 Å². The van der Waals surface area contributed by atoms with Gasteiger partial charge < -0.3 is 4.90 Å². The number of amides is 1. The van der Waals surface area contributed by atoms with Gasteiger partial charge in [0.2, 0.25) is 5.91 Å². The Labute approximate surface area is 125 Å². The zero-order valence-electron chi connectivity index (χ0n) is 13.1. The summed E-state index contributed by atoms with van der Waals surface area (Å²) in [4.78, 5) is 14.8. The monoisotopic (exact) mass is 290 g/mol. The Morgan fingerprint density at radius 2 is 1.86 bits per heavy atom. The molecule has 2 atom stereocenters. The van der Waals surface area contributed by atoms with Crippen LogP contribution < -0.4 is 5.32 Å². The standard InChI is InChI=1S/C17H23FN2O/c1-11(16(2,3)4)20-14(12-5-7-13(18)8-6-12)19-17(9-10-17)15(20)21/h5-8,11,14,19H,9-10H2,1-4H3. The van der Waals surface area contributed by atoms with Crippen LogP contribution in [0.25, 0.3) is 0 Å². The minimum atomic E-state index is -0.363. The summed E-state index contributed by atoms with van der Waals surface area (Å²) in [6, 6.07) is 6.56. The predicted octanol–water partition coefficient (Wildman–Crippen LogP) is 3.22. The molecule has 1 aliphatic heterocycles. The molecule has 114 valence electrons. The van der Waals surface area contributed by atoms with Crippen molar-refractivity contribution < 1.29 is 9.18 Å². The molecule has 3 rings (SSSR count). The molecule has 2 fully saturated rings. The van der Waals surface area contributed by atoms with Gasteiger partial charge in [0.1, 0.15) is 17.5 Å². The first-order valence-corrected chi connectivity index (χ1v) is 7.60. The van der Waals surface area contributed by atoms with Crippen LogP contribution in [0.15, 0.2) is 24.3 Å². The van der Waals surface area contributed by atoms with Crippen molar-refractivity contribution >= 4 is 5.91 Å². The van der Waals surface area contributed by atoms with Crippen LogP contribution in [0.5, 0.6) is 0 Å². The van der Waals surface area contributed by atoms with Crippen molar-refractivity contribution in [3.63, 3.8) is 0 Å². The summed E-state index contributed by atoms with van der Waals surface area (Å²) in [7, 11) is 0. The minimum absolute atomic E-state index is 0.00393. The third-order valence-corrected chi connectivity index (χ3v) is 4.94. The van der Waals surface area contributed by atoms with Gasteiger partial charge in [-0.1, -0.05) is 32.9 Å². The summed E-state index contributed by atoms with van der Waals surface area (Å²) in [6.45, 7) is 8.52. The van der Waals surface area contributed by atoms with Crippen LogP contribution in [0, 0.1) is 11.2 Å². The maximum absolute atomic E-state index is 13.2. The number of hydrogen-bond acceptors (Lipinski definition) is 2. The molecule has 2 unspecified atom stereocenters. The number of rotatable bonds is 2. The Kier molecular flexibility index (Phi) is 3.14. The normalized spacial score (nSPS) is 25.5. The van der Waals surface area contributed by atoms with Crippen molar-refractivity contribution in [1.82, 2.24) is 10.2 Å². The molecule has 2 aliphatic rings. The predicted molar refractivity (Wildman–Crippen MR) is 80.0 cm³/mol. The Morgan fingerprint density at radius 1 is 1.29 bits per heavy atom. The average molecular weight is 290 g/mol. The molecule has 1 N–H and O–H groups in total. The van der Waals surface area contributed by atoms with Gasteiger partial charge in [0.05, 0.1) is 0 Å². The van der Waals surface area contributed by atoms with E-state index in [2.05, 4.69) is 33.0 Å². The van der Waals surface area contributed by atoms with E-state index < -0.39 is 0 Å². The fourth-order valence-corrected chi connectivity index (χ4v) is 2.95. The van der Waals surface area contributed by atoms with Crippen molar-refractivity contribution in [2.75, 3.05) is 0 Å². The average Bonchev–Trinajstić information content (AvgIpc) is 3.12. The third-order valence-electron chi connectivity index (χ3n) is 4.94. The largest absolute Gasteiger partial charge is 0.318 e. The van der Waals surface area contributed by atoms with E-state index in [1.165, 1.54) is 12.1 Å². The van der Waals surface area contributed by atoms with Gasteiger partial charge in [-0.25, -0.2) is 4.39 Å². The Bertz CT molecular complexity index is 557. The zero-order valence-corrected chi connectivity index (χ0v) is 13.1. The van der Waals surface area contributed by atoms with Gasteiger partial charge in [0.25, 0.3) is 0 Å². The molecule has 1 aromatic carbocycles. The second kappa shape index (κ2) is 4.54. The number of hydrogen-bond donors (Lipinski definition) is 1. The first-order chi connectivity index (χ1) is 9.74. The minimum Gasteiger partial charge on any atom is -0.318 e. The van der Waals surface area contributed by atoms with Crippen molar-refractivity contribution in [3.05, 3.63) is 35.6 Å². The van der Waals surface area contributed by atoms with Crippen LogP contribution in [0.4, 0.5) is 4.39 Å². The lowest BCUT2D eigenvalue weighted by molar-refractivity contribution is -0.135. The number of carbonyl (C=O) groups is 1. The SMILES string of the molecule is CC(N1C(=O)C2(CC2)NC1c1ccc(F)cc1)C(C)(C)C. The quantitative estimate of drug-likeness (QED) is 0.907. The van der Waals surface area contributed by atoms with Gasteiger partial charge in [-0.15, -0.1) is 0 Å². The van der Waals surface area contributed by atoms with Gasteiger partial charge in [-0.2, -0.15) is 0 Å². The maximum atomic E-state index is 13.2. The van der Waals surface area contributed by atoms with Crippen LogP contribution >= 0.6 is 0 Å². The molecule has 4 heteroatoms. The summed E-state index contributed by atoms with van der Waals surface area (Å²) in [6.07, 6.45) is 1.64. The lowest BCUT2D eigenvalue weighted by Gasteiger charge is -2.38. The number of benzene rings is 1. The Balaban J connectivity index is 1.97. The van der Waals surface area contributed by atoms with E-state index in [0.717, 1.165) is 18.4 Å². The highest BCUT2D eigenvalue weighted by Gasteiger charge is 2.60. The molecular formula is C17H23FN2O. The summed E-state index contributed by atoms with van der Waals surface area (Å²) < 4.78 is 13.2. The van der Waals surface area contributed by atoms with Crippen LogP contribution in [-0.2, 0) is 4.79 Å². The zero-order chi connectivity index (χ0) is 15.4. The summed E-state index contributed by atoms with van der Waals surface area (Å²) in [5.41, 5.74) is 0.582. The van der Waals surface area contributed by atoms with Crippen LogP contribution in [-0.4, -0.2) is 22.4 Å². The van der Waals surface area contributed by atoms with Crippen LogP contribution in [0.2, 0.25) is 0 Å². The highest BCUT2D eigenvalue weighted by atomic mass is 19.1. The molecule has 21 heavy (non-hydrogen) atoms. The number of nitrogens with one attached hydrogen (secondary N) is 1. The highest BCUT2D eigenvalue weighted by Crippen LogP contribution is 2.48. The summed E-state index contributed by atoms with van der Waals surface area (Å²) in [5.74, 6) is -0.0566. The number of carbonyl (C=O) groups excluding carboxylic acids is 1. The molecule has 1 heterocycles. The molecule has 1 saturated heterocycles. The topological polar surface area (TPSA) is 32.3 Å². The lowest BCUT2D eigenvalue weighted by atomic mass is 9.86. The van der Waals surface area contributed by atoms with Gasteiger partial charge in [-0.3, -0.25) is 10.1 Å². The fourth-order valence-electron chi connectivity index (χ4n) is 2.95. The molecule has 1 saturated carbocycles. The molecule has 0 radical (unpaired) electrons. The van der Waals surface area contributed by atoms with Crippen molar-refractivity contribution in [2.45, 2.75) is 58.3 Å². The van der Waals surface area contributed by atoms with Crippen LogP contribution in [0.1, 0.15) is 52.3 Å². The molecule has 0 aromatic heterocycles. The summed E-state index contributed by atoms with van der Waals surface area (Å²) in [5, 5.41) is 3.48. The molecule has 3 nitrogen and oxygen atoms in total.